The molecule has 0 saturated carbocycles. The summed E-state index contributed by atoms with van der Waals surface area (Å²) in [7, 11) is 1.76. The lowest BCUT2D eigenvalue weighted by Gasteiger charge is -2.23. The van der Waals surface area contributed by atoms with Crippen LogP contribution < -0.4 is 4.74 Å². The highest BCUT2D eigenvalue weighted by Crippen LogP contribution is 2.18. The zero-order chi connectivity index (χ0) is 13.7. The van der Waals surface area contributed by atoms with Crippen LogP contribution in [0.25, 0.3) is 0 Å². The third kappa shape index (κ3) is 4.86. The second kappa shape index (κ2) is 7.00. The highest BCUT2D eigenvalue weighted by atomic mass is 79.9. The molecular formula is C13H17BrClNO2. The number of hydrogen-bond acceptors (Lipinski definition) is 2. The van der Waals surface area contributed by atoms with Crippen LogP contribution in [0.5, 0.6) is 5.75 Å². The van der Waals surface area contributed by atoms with Crippen molar-refractivity contribution in [1.82, 2.24) is 4.90 Å². The highest BCUT2D eigenvalue weighted by Gasteiger charge is 2.20. The van der Waals surface area contributed by atoms with Crippen LogP contribution in [-0.4, -0.2) is 35.3 Å². The molecule has 1 aromatic rings. The molecule has 2 atom stereocenters. The highest BCUT2D eigenvalue weighted by molar-refractivity contribution is 9.09. The number of carbonyl (C=O) groups excluding carboxylic acids is 1. The van der Waals surface area contributed by atoms with Crippen LogP contribution >= 0.6 is 27.5 Å². The molecule has 0 aliphatic heterocycles. The number of halogens is 2. The first kappa shape index (κ1) is 15.3. The van der Waals surface area contributed by atoms with Crippen LogP contribution in [0.1, 0.15) is 13.8 Å². The van der Waals surface area contributed by atoms with E-state index in [4.69, 9.17) is 16.3 Å². The number of carbonyl (C=O) groups is 1. The average Bonchev–Trinajstić information content (AvgIpc) is 2.27. The molecule has 100 valence electrons. The fraction of sp³-hybridized carbons (Fsp3) is 0.462. The first-order valence-corrected chi connectivity index (χ1v) is 7.00. The SMILES string of the molecule is CC(Br)CN(C)C(=O)C(C)Oc1cccc(Cl)c1. The van der Waals surface area contributed by atoms with Crippen molar-refractivity contribution in [2.75, 3.05) is 13.6 Å². The van der Waals surface area contributed by atoms with Crippen LogP contribution in [0.4, 0.5) is 0 Å². The average molecular weight is 335 g/mol. The third-order valence-corrected chi connectivity index (χ3v) is 2.88. The largest absolute Gasteiger partial charge is 0.481 e. The lowest BCUT2D eigenvalue weighted by molar-refractivity contribution is -0.136. The number of alkyl halides is 1. The van der Waals surface area contributed by atoms with Gasteiger partial charge in [0, 0.05) is 23.4 Å². The third-order valence-electron chi connectivity index (χ3n) is 2.36. The molecule has 0 bridgehead atoms. The molecule has 1 aromatic carbocycles. The topological polar surface area (TPSA) is 29.5 Å². The van der Waals surface area contributed by atoms with Crippen molar-refractivity contribution in [2.24, 2.45) is 0 Å². The van der Waals surface area contributed by atoms with Crippen LogP contribution in [0.2, 0.25) is 5.02 Å². The quantitative estimate of drug-likeness (QED) is 0.773. The van der Waals surface area contributed by atoms with Gasteiger partial charge in [-0.2, -0.15) is 0 Å². The maximum atomic E-state index is 12.0. The van der Waals surface area contributed by atoms with Crippen molar-refractivity contribution < 1.29 is 9.53 Å². The Morgan fingerprint density at radius 2 is 2.17 bits per heavy atom. The molecule has 5 heteroatoms. The minimum absolute atomic E-state index is 0.0544. The van der Waals surface area contributed by atoms with Crippen molar-refractivity contribution in [3.8, 4) is 5.75 Å². The number of ether oxygens (including phenoxy) is 1. The monoisotopic (exact) mass is 333 g/mol. The summed E-state index contributed by atoms with van der Waals surface area (Å²) in [4.78, 5) is 13.9. The summed E-state index contributed by atoms with van der Waals surface area (Å²) in [6.07, 6.45) is -0.528. The molecule has 0 aliphatic carbocycles. The summed E-state index contributed by atoms with van der Waals surface area (Å²) < 4.78 is 5.57. The van der Waals surface area contributed by atoms with Gasteiger partial charge in [-0.1, -0.05) is 40.5 Å². The number of amides is 1. The Kier molecular flexibility index (Phi) is 5.96. The molecular weight excluding hydrogens is 318 g/mol. The molecule has 0 N–H and O–H groups in total. The van der Waals surface area contributed by atoms with Crippen LogP contribution in [0, 0.1) is 0 Å². The van der Waals surface area contributed by atoms with E-state index in [1.807, 2.05) is 6.92 Å². The minimum atomic E-state index is -0.528. The number of likely N-dealkylation sites (N-methyl/N-ethyl adjacent to an activating group) is 1. The molecule has 2 unspecified atom stereocenters. The van der Waals surface area contributed by atoms with Crippen molar-refractivity contribution in [2.45, 2.75) is 24.8 Å². The van der Waals surface area contributed by atoms with E-state index < -0.39 is 6.10 Å². The van der Waals surface area contributed by atoms with Gasteiger partial charge in [-0.3, -0.25) is 4.79 Å². The van der Waals surface area contributed by atoms with Gasteiger partial charge in [0.05, 0.1) is 0 Å². The summed E-state index contributed by atoms with van der Waals surface area (Å²) in [5.74, 6) is 0.546. The van der Waals surface area contributed by atoms with E-state index in [9.17, 15) is 4.79 Å². The van der Waals surface area contributed by atoms with Gasteiger partial charge < -0.3 is 9.64 Å². The smallest absolute Gasteiger partial charge is 0.263 e. The van der Waals surface area contributed by atoms with Gasteiger partial charge in [0.15, 0.2) is 6.10 Å². The Morgan fingerprint density at radius 1 is 1.50 bits per heavy atom. The van der Waals surface area contributed by atoms with Crippen LogP contribution in [-0.2, 0) is 4.79 Å². The van der Waals surface area contributed by atoms with E-state index in [0.29, 0.717) is 17.3 Å². The molecule has 0 heterocycles. The van der Waals surface area contributed by atoms with Crippen molar-refractivity contribution in [3.63, 3.8) is 0 Å². The normalized spacial score (nSPS) is 13.8. The second-order valence-corrected chi connectivity index (χ2v) is 6.22. The molecule has 1 rings (SSSR count). The summed E-state index contributed by atoms with van der Waals surface area (Å²) in [5, 5.41) is 0.592. The molecule has 3 nitrogen and oxygen atoms in total. The molecule has 0 spiro atoms. The Hall–Kier alpha value is -0.740. The van der Waals surface area contributed by atoms with Gasteiger partial charge in [-0.15, -0.1) is 0 Å². The van der Waals surface area contributed by atoms with E-state index in [1.165, 1.54) is 0 Å². The van der Waals surface area contributed by atoms with Gasteiger partial charge >= 0.3 is 0 Å². The van der Waals surface area contributed by atoms with Gasteiger partial charge in [0.1, 0.15) is 5.75 Å². The lowest BCUT2D eigenvalue weighted by Crippen LogP contribution is -2.40. The zero-order valence-corrected chi connectivity index (χ0v) is 13.0. The van der Waals surface area contributed by atoms with Gasteiger partial charge in [-0.05, 0) is 25.1 Å². The Balaban J connectivity index is 2.59. The first-order chi connectivity index (χ1) is 8.40. The molecule has 0 aromatic heterocycles. The summed E-state index contributed by atoms with van der Waals surface area (Å²) in [6.45, 7) is 4.37. The van der Waals surface area contributed by atoms with Gasteiger partial charge in [-0.25, -0.2) is 0 Å². The fourth-order valence-corrected chi connectivity index (χ4v) is 2.19. The fourth-order valence-electron chi connectivity index (χ4n) is 1.57. The van der Waals surface area contributed by atoms with Gasteiger partial charge in [0.25, 0.3) is 5.91 Å². The van der Waals surface area contributed by atoms with Crippen molar-refractivity contribution in [3.05, 3.63) is 29.3 Å². The molecule has 0 saturated heterocycles. The number of hydrogen-bond donors (Lipinski definition) is 0. The maximum absolute atomic E-state index is 12.0. The molecule has 1 amide bonds. The van der Waals surface area contributed by atoms with Gasteiger partial charge in [0.2, 0.25) is 0 Å². The molecule has 0 fully saturated rings. The minimum Gasteiger partial charge on any atom is -0.481 e. The number of nitrogens with zero attached hydrogens (tertiary/aromatic N) is 1. The van der Waals surface area contributed by atoms with E-state index in [1.54, 1.807) is 43.1 Å². The maximum Gasteiger partial charge on any atom is 0.263 e. The summed E-state index contributed by atoms with van der Waals surface area (Å²) >= 11 is 9.27. The predicted molar refractivity (Wildman–Crippen MR) is 77.6 cm³/mol. The molecule has 0 radical (unpaired) electrons. The van der Waals surface area contributed by atoms with E-state index in [-0.39, 0.29) is 10.7 Å². The zero-order valence-electron chi connectivity index (χ0n) is 10.7. The van der Waals surface area contributed by atoms with E-state index in [0.717, 1.165) is 0 Å². The first-order valence-electron chi connectivity index (χ1n) is 5.71. The second-order valence-electron chi connectivity index (χ2n) is 4.22. The van der Waals surface area contributed by atoms with E-state index in [2.05, 4.69) is 15.9 Å². The van der Waals surface area contributed by atoms with Crippen molar-refractivity contribution >= 4 is 33.4 Å². The lowest BCUT2D eigenvalue weighted by atomic mass is 10.3. The Bertz CT molecular complexity index is 412. The van der Waals surface area contributed by atoms with Crippen LogP contribution in [0.15, 0.2) is 24.3 Å². The number of benzene rings is 1. The Morgan fingerprint density at radius 3 is 2.72 bits per heavy atom. The Labute approximate surface area is 121 Å². The summed E-state index contributed by atoms with van der Waals surface area (Å²) in [6, 6.07) is 7.03. The van der Waals surface area contributed by atoms with Crippen molar-refractivity contribution in [1.29, 1.82) is 0 Å². The molecule has 18 heavy (non-hydrogen) atoms. The molecule has 0 aliphatic rings. The van der Waals surface area contributed by atoms with Crippen LogP contribution in [0.3, 0.4) is 0 Å². The predicted octanol–water partition coefficient (Wildman–Crippen LogP) is 3.35. The standard InChI is InChI=1S/C13H17BrClNO2/c1-9(14)8-16(3)13(17)10(2)18-12-6-4-5-11(15)7-12/h4-7,9-10H,8H2,1-3H3. The number of rotatable bonds is 5. The summed E-state index contributed by atoms with van der Waals surface area (Å²) in [5.41, 5.74) is 0. The van der Waals surface area contributed by atoms with E-state index >= 15 is 0 Å².